The third-order valence-corrected chi connectivity index (χ3v) is 2.12. The van der Waals surface area contributed by atoms with Crippen molar-refractivity contribution in [2.75, 3.05) is 6.54 Å². The molecule has 14 heavy (non-hydrogen) atoms. The molecular weight excluding hydrogens is 204 g/mol. The Morgan fingerprint density at radius 2 is 2.43 bits per heavy atom. The lowest BCUT2D eigenvalue weighted by atomic mass is 10.2. The molecule has 2 N–H and O–H groups in total. The minimum atomic E-state index is -0.248. The number of rotatable bonds is 2. The van der Waals surface area contributed by atoms with Gasteiger partial charge < -0.3 is 5.73 Å². The fraction of sp³-hybridized carbons (Fsp3) is 0.125. The van der Waals surface area contributed by atoms with Gasteiger partial charge in [0, 0.05) is 12.4 Å². The average molecular weight is 211 g/mol. The van der Waals surface area contributed by atoms with E-state index >= 15 is 0 Å². The molecule has 0 aliphatic rings. The van der Waals surface area contributed by atoms with Crippen LogP contribution in [0.15, 0.2) is 18.6 Å². The van der Waals surface area contributed by atoms with Crippen LogP contribution in [0.2, 0.25) is 5.28 Å². The summed E-state index contributed by atoms with van der Waals surface area (Å²) < 4.78 is 1.58. The van der Waals surface area contributed by atoms with Gasteiger partial charge in [-0.1, -0.05) is 0 Å². The molecule has 0 aliphatic carbocycles. The standard InChI is InChI=1S/C8H7ClN4O/c9-8-12-7(6(14)3-10)5-4-11-1-2-13(5)8/h1-2,4H,3,10H2. The second-order valence-corrected chi connectivity index (χ2v) is 3.03. The van der Waals surface area contributed by atoms with E-state index < -0.39 is 0 Å². The largest absolute Gasteiger partial charge is 0.324 e. The molecule has 2 aromatic heterocycles. The van der Waals surface area contributed by atoms with Crippen molar-refractivity contribution in [2.45, 2.75) is 0 Å². The van der Waals surface area contributed by atoms with E-state index in [1.54, 1.807) is 16.8 Å². The molecule has 2 heterocycles. The molecule has 0 saturated carbocycles. The van der Waals surface area contributed by atoms with E-state index in [2.05, 4.69) is 9.97 Å². The van der Waals surface area contributed by atoms with Gasteiger partial charge in [-0.2, -0.15) is 0 Å². The van der Waals surface area contributed by atoms with Gasteiger partial charge in [0.05, 0.1) is 18.3 Å². The Hall–Kier alpha value is -1.46. The highest BCUT2D eigenvalue weighted by molar-refractivity contribution is 6.29. The van der Waals surface area contributed by atoms with Crippen molar-refractivity contribution in [2.24, 2.45) is 5.73 Å². The number of hydrogen-bond acceptors (Lipinski definition) is 4. The summed E-state index contributed by atoms with van der Waals surface area (Å²) in [4.78, 5) is 19.2. The molecule has 0 bridgehead atoms. The van der Waals surface area contributed by atoms with Crippen molar-refractivity contribution in [1.29, 1.82) is 0 Å². The van der Waals surface area contributed by atoms with Gasteiger partial charge >= 0.3 is 0 Å². The number of ketones is 1. The first-order valence-corrected chi connectivity index (χ1v) is 4.32. The second-order valence-electron chi connectivity index (χ2n) is 2.69. The zero-order valence-corrected chi connectivity index (χ0v) is 7.90. The van der Waals surface area contributed by atoms with Crippen molar-refractivity contribution < 1.29 is 4.79 Å². The highest BCUT2D eigenvalue weighted by Crippen LogP contribution is 2.15. The van der Waals surface area contributed by atoms with Crippen LogP contribution >= 0.6 is 11.6 Å². The first-order valence-electron chi connectivity index (χ1n) is 3.95. The van der Waals surface area contributed by atoms with Crippen LogP contribution in [0.25, 0.3) is 5.52 Å². The van der Waals surface area contributed by atoms with E-state index in [9.17, 15) is 4.79 Å². The number of imidazole rings is 1. The third-order valence-electron chi connectivity index (χ3n) is 1.85. The molecule has 0 fully saturated rings. The van der Waals surface area contributed by atoms with Crippen LogP contribution in [0.4, 0.5) is 0 Å². The molecule has 2 aromatic rings. The predicted molar refractivity (Wildman–Crippen MR) is 51.4 cm³/mol. The molecule has 0 unspecified atom stereocenters. The van der Waals surface area contributed by atoms with E-state index in [-0.39, 0.29) is 23.3 Å². The van der Waals surface area contributed by atoms with Crippen LogP contribution in [0, 0.1) is 0 Å². The summed E-state index contributed by atoms with van der Waals surface area (Å²) in [5.74, 6) is -0.248. The lowest BCUT2D eigenvalue weighted by molar-refractivity contribution is 0.0998. The number of carbonyl (C=O) groups is 1. The topological polar surface area (TPSA) is 73.3 Å². The Bertz CT molecular complexity index is 493. The maximum Gasteiger partial charge on any atom is 0.208 e. The first kappa shape index (κ1) is 9.11. The maximum absolute atomic E-state index is 11.4. The minimum Gasteiger partial charge on any atom is -0.324 e. The monoisotopic (exact) mass is 210 g/mol. The fourth-order valence-corrected chi connectivity index (χ4v) is 1.43. The summed E-state index contributed by atoms with van der Waals surface area (Å²) in [6, 6.07) is 0. The van der Waals surface area contributed by atoms with Crippen LogP contribution in [0.1, 0.15) is 10.5 Å². The first-order chi connectivity index (χ1) is 6.74. The highest BCUT2D eigenvalue weighted by Gasteiger charge is 2.14. The van der Waals surface area contributed by atoms with Gasteiger partial charge in [-0.3, -0.25) is 14.2 Å². The summed E-state index contributed by atoms with van der Waals surface area (Å²) in [6.07, 6.45) is 4.73. The number of halogens is 1. The summed E-state index contributed by atoms with van der Waals surface area (Å²) in [5.41, 5.74) is 6.09. The van der Waals surface area contributed by atoms with Gasteiger partial charge in [-0.15, -0.1) is 0 Å². The van der Waals surface area contributed by atoms with Gasteiger partial charge in [0.1, 0.15) is 5.69 Å². The van der Waals surface area contributed by atoms with E-state index in [1.807, 2.05) is 0 Å². The summed E-state index contributed by atoms with van der Waals surface area (Å²) in [5, 5.41) is 0.235. The molecule has 0 radical (unpaired) electrons. The Labute approximate surface area is 84.5 Å². The molecule has 0 aliphatic heterocycles. The van der Waals surface area contributed by atoms with E-state index in [0.717, 1.165) is 0 Å². The number of Topliss-reactive ketones (excluding diaryl/α,β-unsaturated/α-hetero) is 1. The molecule has 0 aromatic carbocycles. The summed E-state index contributed by atoms with van der Waals surface area (Å²) in [6.45, 7) is -0.0854. The summed E-state index contributed by atoms with van der Waals surface area (Å²) in [7, 11) is 0. The fourth-order valence-electron chi connectivity index (χ4n) is 1.20. The maximum atomic E-state index is 11.4. The van der Waals surface area contributed by atoms with Crippen LogP contribution < -0.4 is 5.73 Å². The molecule has 0 atom stereocenters. The minimum absolute atomic E-state index is 0.0854. The number of carbonyl (C=O) groups excluding carboxylic acids is 1. The Morgan fingerprint density at radius 3 is 3.14 bits per heavy atom. The van der Waals surface area contributed by atoms with Gasteiger partial charge in [0.2, 0.25) is 5.28 Å². The zero-order chi connectivity index (χ0) is 10.1. The Morgan fingerprint density at radius 1 is 1.64 bits per heavy atom. The predicted octanol–water partition coefficient (Wildman–Crippen LogP) is 0.524. The highest BCUT2D eigenvalue weighted by atomic mass is 35.5. The van der Waals surface area contributed by atoms with E-state index in [1.165, 1.54) is 6.20 Å². The smallest absolute Gasteiger partial charge is 0.208 e. The van der Waals surface area contributed by atoms with Crippen LogP contribution in [0.5, 0.6) is 0 Å². The van der Waals surface area contributed by atoms with Crippen LogP contribution in [-0.2, 0) is 0 Å². The van der Waals surface area contributed by atoms with Crippen molar-refractivity contribution in [3.05, 3.63) is 29.6 Å². The Balaban J connectivity index is 2.72. The zero-order valence-electron chi connectivity index (χ0n) is 7.14. The number of fused-ring (bicyclic) bond motifs is 1. The number of nitrogens with two attached hydrogens (primary N) is 1. The van der Waals surface area contributed by atoms with Gasteiger partial charge in [-0.25, -0.2) is 4.98 Å². The SMILES string of the molecule is NCC(=O)c1nc(Cl)n2ccncc12. The molecule has 0 saturated heterocycles. The van der Waals surface area contributed by atoms with Crippen molar-refractivity contribution in [1.82, 2.24) is 14.4 Å². The molecule has 5 nitrogen and oxygen atoms in total. The molecule has 2 rings (SSSR count). The number of hydrogen-bond donors (Lipinski definition) is 1. The normalized spacial score (nSPS) is 10.7. The molecule has 0 spiro atoms. The summed E-state index contributed by atoms with van der Waals surface area (Å²) >= 11 is 5.81. The third kappa shape index (κ3) is 1.26. The quantitative estimate of drug-likeness (QED) is 0.734. The lowest BCUT2D eigenvalue weighted by Gasteiger charge is -1.93. The van der Waals surface area contributed by atoms with Gasteiger partial charge in [0.25, 0.3) is 0 Å². The average Bonchev–Trinajstić information content (AvgIpc) is 2.56. The van der Waals surface area contributed by atoms with E-state index in [4.69, 9.17) is 17.3 Å². The molecule has 6 heteroatoms. The van der Waals surface area contributed by atoms with Gasteiger partial charge in [-0.05, 0) is 11.6 Å². The van der Waals surface area contributed by atoms with Gasteiger partial charge in [0.15, 0.2) is 5.78 Å². The molecule has 72 valence electrons. The van der Waals surface area contributed by atoms with E-state index in [0.29, 0.717) is 5.52 Å². The Kier molecular flexibility index (Phi) is 2.18. The number of aromatic nitrogens is 3. The second kappa shape index (κ2) is 3.36. The van der Waals surface area contributed by atoms with Crippen molar-refractivity contribution in [3.8, 4) is 0 Å². The molecular formula is C8H7ClN4O. The van der Waals surface area contributed by atoms with Crippen molar-refractivity contribution >= 4 is 22.9 Å². The van der Waals surface area contributed by atoms with Crippen LogP contribution in [-0.4, -0.2) is 26.7 Å². The van der Waals surface area contributed by atoms with Crippen molar-refractivity contribution in [3.63, 3.8) is 0 Å². The lowest BCUT2D eigenvalue weighted by Crippen LogP contribution is -2.14. The molecule has 0 amide bonds. The number of nitrogens with zero attached hydrogens (tertiary/aromatic N) is 3. The van der Waals surface area contributed by atoms with Crippen LogP contribution in [0.3, 0.4) is 0 Å².